The van der Waals surface area contributed by atoms with Crippen molar-refractivity contribution in [2.75, 3.05) is 0 Å². The van der Waals surface area contributed by atoms with Crippen LogP contribution in [0.3, 0.4) is 0 Å². The average molecular weight is 252 g/mol. The first-order valence-electron chi connectivity index (χ1n) is 5.25. The summed E-state index contributed by atoms with van der Waals surface area (Å²) in [5.41, 5.74) is 7.72. The molecule has 0 saturated heterocycles. The van der Waals surface area contributed by atoms with Crippen molar-refractivity contribution in [3.63, 3.8) is 0 Å². The van der Waals surface area contributed by atoms with E-state index in [1.54, 1.807) is 0 Å². The zero-order valence-corrected chi connectivity index (χ0v) is 9.63. The summed E-state index contributed by atoms with van der Waals surface area (Å²) in [4.78, 5) is 0. The van der Waals surface area contributed by atoms with Crippen LogP contribution in [0.1, 0.15) is 24.8 Å². The van der Waals surface area contributed by atoms with Crippen molar-refractivity contribution in [2.45, 2.75) is 24.8 Å². The van der Waals surface area contributed by atoms with Crippen LogP contribution in [0.15, 0.2) is 28.7 Å². The van der Waals surface area contributed by atoms with Gasteiger partial charge in [0.2, 0.25) is 0 Å². The van der Waals surface area contributed by atoms with Gasteiger partial charge in [-0.2, -0.15) is 0 Å². The van der Waals surface area contributed by atoms with E-state index in [0.717, 1.165) is 16.3 Å². The molecular weight excluding hydrogens is 238 g/mol. The first-order chi connectivity index (χ1) is 6.70. The van der Waals surface area contributed by atoms with Crippen molar-refractivity contribution in [3.8, 4) is 0 Å². The van der Waals surface area contributed by atoms with Crippen LogP contribution in [0.25, 0.3) is 0 Å². The monoisotopic (exact) mass is 251 g/mol. The lowest BCUT2D eigenvalue weighted by Gasteiger charge is -2.11. The SMILES string of the molecule is NC1(c2ccc(Br)cc2)CC1C1CC1. The highest BCUT2D eigenvalue weighted by Gasteiger charge is 2.58. The maximum Gasteiger partial charge on any atom is 0.0445 e. The van der Waals surface area contributed by atoms with Gasteiger partial charge in [-0.1, -0.05) is 28.1 Å². The molecule has 2 aliphatic carbocycles. The third-order valence-electron chi connectivity index (χ3n) is 3.63. The maximum atomic E-state index is 6.39. The van der Waals surface area contributed by atoms with Crippen LogP contribution in [0, 0.1) is 11.8 Å². The van der Waals surface area contributed by atoms with Gasteiger partial charge >= 0.3 is 0 Å². The highest BCUT2D eigenvalue weighted by atomic mass is 79.9. The predicted molar refractivity (Wildman–Crippen MR) is 60.8 cm³/mol. The molecule has 0 spiro atoms. The lowest BCUT2D eigenvalue weighted by atomic mass is 10.0. The van der Waals surface area contributed by atoms with Gasteiger partial charge in [-0.05, 0) is 48.8 Å². The molecule has 3 rings (SSSR count). The molecule has 14 heavy (non-hydrogen) atoms. The second-order valence-electron chi connectivity index (χ2n) is 4.70. The normalized spacial score (nSPS) is 35.7. The molecule has 74 valence electrons. The third-order valence-corrected chi connectivity index (χ3v) is 4.16. The fourth-order valence-electron chi connectivity index (χ4n) is 2.48. The maximum absolute atomic E-state index is 6.39. The first-order valence-corrected chi connectivity index (χ1v) is 6.04. The van der Waals surface area contributed by atoms with E-state index in [2.05, 4.69) is 40.2 Å². The van der Waals surface area contributed by atoms with Crippen LogP contribution < -0.4 is 5.73 Å². The van der Waals surface area contributed by atoms with Crippen molar-refractivity contribution in [3.05, 3.63) is 34.3 Å². The van der Waals surface area contributed by atoms with Crippen LogP contribution in [0.4, 0.5) is 0 Å². The van der Waals surface area contributed by atoms with Gasteiger partial charge in [-0.3, -0.25) is 0 Å². The van der Waals surface area contributed by atoms with Gasteiger partial charge in [0.1, 0.15) is 0 Å². The number of hydrogen-bond acceptors (Lipinski definition) is 1. The molecular formula is C12H14BrN. The minimum Gasteiger partial charge on any atom is -0.321 e. The minimum atomic E-state index is 0.0157. The number of nitrogens with two attached hydrogens (primary N) is 1. The molecule has 2 aliphatic rings. The molecule has 2 heteroatoms. The summed E-state index contributed by atoms with van der Waals surface area (Å²) in [7, 11) is 0. The minimum absolute atomic E-state index is 0.0157. The summed E-state index contributed by atoms with van der Waals surface area (Å²) >= 11 is 3.45. The molecule has 2 unspecified atom stereocenters. The Labute approximate surface area is 92.8 Å². The van der Waals surface area contributed by atoms with Crippen molar-refractivity contribution in [2.24, 2.45) is 17.6 Å². The van der Waals surface area contributed by atoms with Crippen LogP contribution >= 0.6 is 15.9 Å². The zero-order chi connectivity index (χ0) is 9.76. The molecule has 2 atom stereocenters. The highest BCUT2D eigenvalue weighted by Crippen LogP contribution is 2.60. The largest absolute Gasteiger partial charge is 0.321 e. The van der Waals surface area contributed by atoms with E-state index in [0.29, 0.717) is 0 Å². The van der Waals surface area contributed by atoms with Crippen LogP contribution in [-0.2, 0) is 5.54 Å². The van der Waals surface area contributed by atoms with E-state index < -0.39 is 0 Å². The van der Waals surface area contributed by atoms with Crippen molar-refractivity contribution in [1.82, 2.24) is 0 Å². The fraction of sp³-hybridized carbons (Fsp3) is 0.500. The average Bonchev–Trinajstić information content (AvgIpc) is 3.00. The summed E-state index contributed by atoms with van der Waals surface area (Å²) < 4.78 is 1.13. The van der Waals surface area contributed by atoms with E-state index in [4.69, 9.17) is 5.73 Å². The van der Waals surface area contributed by atoms with E-state index in [-0.39, 0.29) is 5.54 Å². The van der Waals surface area contributed by atoms with E-state index in [1.165, 1.54) is 24.8 Å². The van der Waals surface area contributed by atoms with Gasteiger partial charge in [0, 0.05) is 10.0 Å². The number of halogens is 1. The molecule has 0 aliphatic heterocycles. The van der Waals surface area contributed by atoms with E-state index in [1.807, 2.05) is 0 Å². The van der Waals surface area contributed by atoms with Gasteiger partial charge in [0.15, 0.2) is 0 Å². The van der Waals surface area contributed by atoms with E-state index >= 15 is 0 Å². The number of benzene rings is 1. The van der Waals surface area contributed by atoms with Crippen molar-refractivity contribution >= 4 is 15.9 Å². The van der Waals surface area contributed by atoms with Crippen molar-refractivity contribution in [1.29, 1.82) is 0 Å². The Hall–Kier alpha value is -0.340. The Balaban J connectivity index is 1.85. The Morgan fingerprint density at radius 2 is 1.86 bits per heavy atom. The summed E-state index contributed by atoms with van der Waals surface area (Å²) in [5.74, 6) is 1.70. The predicted octanol–water partition coefficient (Wildman–Crippen LogP) is 3.03. The van der Waals surface area contributed by atoms with Crippen molar-refractivity contribution < 1.29 is 0 Å². The topological polar surface area (TPSA) is 26.0 Å². The lowest BCUT2D eigenvalue weighted by molar-refractivity contribution is 0.575. The second kappa shape index (κ2) is 2.83. The van der Waals surface area contributed by atoms with Gasteiger partial charge in [0.05, 0.1) is 0 Å². The second-order valence-corrected chi connectivity index (χ2v) is 5.61. The summed E-state index contributed by atoms with van der Waals surface area (Å²) in [6, 6.07) is 8.50. The molecule has 2 fully saturated rings. The zero-order valence-electron chi connectivity index (χ0n) is 8.04. The van der Waals surface area contributed by atoms with Crippen LogP contribution in [0.2, 0.25) is 0 Å². The molecule has 0 amide bonds. The number of rotatable bonds is 2. The lowest BCUT2D eigenvalue weighted by Crippen LogP contribution is -2.22. The molecule has 2 N–H and O–H groups in total. The summed E-state index contributed by atoms with van der Waals surface area (Å²) in [6.07, 6.45) is 4.00. The Kier molecular flexibility index (Phi) is 1.80. The molecule has 1 aromatic rings. The molecule has 0 bridgehead atoms. The molecule has 1 nitrogen and oxygen atoms in total. The molecule has 0 radical (unpaired) electrons. The quantitative estimate of drug-likeness (QED) is 0.860. The van der Waals surface area contributed by atoms with Crippen LogP contribution in [0.5, 0.6) is 0 Å². The number of hydrogen-bond donors (Lipinski definition) is 1. The fourth-order valence-corrected chi connectivity index (χ4v) is 2.75. The summed E-state index contributed by atoms with van der Waals surface area (Å²) in [6.45, 7) is 0. The third kappa shape index (κ3) is 1.32. The summed E-state index contributed by atoms with van der Waals surface area (Å²) in [5, 5.41) is 0. The van der Waals surface area contributed by atoms with Gasteiger partial charge in [-0.15, -0.1) is 0 Å². The molecule has 2 saturated carbocycles. The molecule has 1 aromatic carbocycles. The van der Waals surface area contributed by atoms with Gasteiger partial charge in [0.25, 0.3) is 0 Å². The Morgan fingerprint density at radius 1 is 1.21 bits per heavy atom. The smallest absolute Gasteiger partial charge is 0.0445 e. The standard InChI is InChI=1S/C12H14BrN/c13-10-5-3-9(4-6-10)12(14)7-11(12)8-1-2-8/h3-6,8,11H,1-2,7,14H2. The van der Waals surface area contributed by atoms with Gasteiger partial charge in [-0.25, -0.2) is 0 Å². The molecule has 0 aromatic heterocycles. The highest BCUT2D eigenvalue weighted by molar-refractivity contribution is 9.10. The van der Waals surface area contributed by atoms with Crippen LogP contribution in [-0.4, -0.2) is 0 Å². The molecule has 0 heterocycles. The van der Waals surface area contributed by atoms with E-state index in [9.17, 15) is 0 Å². The Bertz CT molecular complexity index is 355. The van der Waals surface area contributed by atoms with Gasteiger partial charge < -0.3 is 5.73 Å². The first kappa shape index (κ1) is 8.93. The Morgan fingerprint density at radius 3 is 2.43 bits per heavy atom.